The molecule has 0 heterocycles. The van der Waals surface area contributed by atoms with Crippen LogP contribution in [0.3, 0.4) is 0 Å². The zero-order valence-electron chi connectivity index (χ0n) is 20.5. The molecule has 0 spiro atoms. The van der Waals surface area contributed by atoms with E-state index < -0.39 is 26.7 Å². The van der Waals surface area contributed by atoms with E-state index in [2.05, 4.69) is 15.5 Å². The van der Waals surface area contributed by atoms with Gasteiger partial charge < -0.3 is 15.2 Å². The molecule has 0 bridgehead atoms. The summed E-state index contributed by atoms with van der Waals surface area (Å²) in [5.41, 5.74) is 0.762. The number of carbonyl (C=O) groups is 1. The quantitative estimate of drug-likeness (QED) is 0.157. The van der Waals surface area contributed by atoms with E-state index in [1.807, 2.05) is 13.8 Å². The normalized spacial score (nSPS) is 11.7. The summed E-state index contributed by atoms with van der Waals surface area (Å²) < 4.78 is 39.1. The summed E-state index contributed by atoms with van der Waals surface area (Å²) in [6, 6.07) is 17.7. The highest BCUT2D eigenvalue weighted by atomic mass is 35.5. The number of hydrogen-bond acceptors (Lipinski definition) is 7. The fraction of sp³-hybridized carbons (Fsp3) is 0.148. The van der Waals surface area contributed by atoms with Crippen molar-refractivity contribution in [3.63, 3.8) is 0 Å². The number of carbonyl (C=O) groups excluding carboxylic acids is 1. The van der Waals surface area contributed by atoms with Gasteiger partial charge in [0, 0.05) is 22.2 Å². The Balaban J connectivity index is 1.81. The molecule has 3 N–H and O–H groups in total. The molecule has 9 nitrogen and oxygen atoms in total. The fourth-order valence-electron chi connectivity index (χ4n) is 3.87. The number of phenols is 1. The van der Waals surface area contributed by atoms with Crippen LogP contribution < -0.4 is 10.1 Å². The van der Waals surface area contributed by atoms with Gasteiger partial charge >= 0.3 is 0 Å². The fourth-order valence-corrected chi connectivity index (χ4v) is 4.86. The lowest BCUT2D eigenvalue weighted by molar-refractivity contribution is 0.102. The predicted molar refractivity (Wildman–Crippen MR) is 146 cm³/mol. The molecule has 0 radical (unpaired) electrons. The number of rotatable bonds is 8. The summed E-state index contributed by atoms with van der Waals surface area (Å²) in [4.78, 5) is 12.6. The van der Waals surface area contributed by atoms with E-state index in [1.165, 1.54) is 12.1 Å². The Morgan fingerprint density at radius 1 is 1.03 bits per heavy atom. The van der Waals surface area contributed by atoms with Gasteiger partial charge in [-0.15, -0.1) is 10.2 Å². The number of benzene rings is 4. The standard InChI is InChI=1S/C27H24ClN3O6S/c1-3-16-13-23(24(15-22(16)28)38(34,35)36)30-31-25-20-11-6-5-8-17(20)12-21(26(25)32)27(33)29-18-9-7-10-19(14-18)37-4-2/h5-15,32H,3-4H2,1-2H3,(H,29,33)(H,34,35,36). The van der Waals surface area contributed by atoms with E-state index in [1.54, 1.807) is 48.5 Å². The van der Waals surface area contributed by atoms with Crippen molar-refractivity contribution in [1.82, 2.24) is 0 Å². The number of phenolic OH excluding ortho intramolecular Hbond substituents is 1. The topological polar surface area (TPSA) is 138 Å². The molecule has 0 aliphatic rings. The Morgan fingerprint density at radius 2 is 1.79 bits per heavy atom. The smallest absolute Gasteiger partial charge is 0.296 e. The first-order chi connectivity index (χ1) is 18.1. The number of amides is 1. The van der Waals surface area contributed by atoms with Crippen molar-refractivity contribution in [3.8, 4) is 11.5 Å². The second kappa shape index (κ2) is 11.2. The number of azo groups is 1. The van der Waals surface area contributed by atoms with E-state index >= 15 is 0 Å². The Hall–Kier alpha value is -3.99. The Kier molecular flexibility index (Phi) is 7.96. The summed E-state index contributed by atoms with van der Waals surface area (Å²) in [5, 5.41) is 23.2. The number of nitrogens with one attached hydrogen (secondary N) is 1. The van der Waals surface area contributed by atoms with Crippen LogP contribution in [0.15, 0.2) is 81.9 Å². The highest BCUT2D eigenvalue weighted by Crippen LogP contribution is 2.41. The van der Waals surface area contributed by atoms with E-state index in [4.69, 9.17) is 16.3 Å². The molecule has 4 rings (SSSR count). The van der Waals surface area contributed by atoms with E-state index in [0.29, 0.717) is 40.8 Å². The molecule has 0 saturated carbocycles. The van der Waals surface area contributed by atoms with Crippen molar-refractivity contribution in [2.45, 2.75) is 25.2 Å². The number of fused-ring (bicyclic) bond motifs is 1. The molecule has 0 saturated heterocycles. The van der Waals surface area contributed by atoms with Crippen LogP contribution in [-0.2, 0) is 16.5 Å². The maximum atomic E-state index is 13.2. The third-order valence-electron chi connectivity index (χ3n) is 5.69. The number of ether oxygens (including phenoxy) is 1. The maximum absolute atomic E-state index is 13.2. The molecule has 11 heteroatoms. The van der Waals surface area contributed by atoms with Crippen molar-refractivity contribution in [3.05, 3.63) is 82.9 Å². The van der Waals surface area contributed by atoms with E-state index in [0.717, 1.165) is 6.07 Å². The van der Waals surface area contributed by atoms with Crippen LogP contribution in [0.25, 0.3) is 10.8 Å². The molecule has 38 heavy (non-hydrogen) atoms. The van der Waals surface area contributed by atoms with Gasteiger partial charge in [-0.1, -0.05) is 48.9 Å². The summed E-state index contributed by atoms with van der Waals surface area (Å²) >= 11 is 6.14. The van der Waals surface area contributed by atoms with Gasteiger partial charge in [0.05, 0.1) is 12.2 Å². The number of halogens is 1. The highest BCUT2D eigenvalue weighted by molar-refractivity contribution is 7.86. The molecular formula is C27H24ClN3O6S. The lowest BCUT2D eigenvalue weighted by Gasteiger charge is -2.12. The lowest BCUT2D eigenvalue weighted by Crippen LogP contribution is -2.12. The summed E-state index contributed by atoms with van der Waals surface area (Å²) in [7, 11) is -4.68. The molecule has 0 aromatic heterocycles. The first-order valence-electron chi connectivity index (χ1n) is 11.6. The number of aromatic hydroxyl groups is 1. The first-order valence-corrected chi connectivity index (χ1v) is 13.4. The average Bonchev–Trinajstić information content (AvgIpc) is 2.88. The Bertz CT molecular complexity index is 1670. The average molecular weight is 554 g/mol. The molecule has 1 amide bonds. The van der Waals surface area contributed by atoms with Crippen molar-refractivity contribution in [2.24, 2.45) is 10.2 Å². The zero-order chi connectivity index (χ0) is 27.4. The molecule has 4 aromatic rings. The van der Waals surface area contributed by atoms with Crippen LogP contribution in [-0.4, -0.2) is 30.6 Å². The minimum Gasteiger partial charge on any atom is -0.505 e. The largest absolute Gasteiger partial charge is 0.505 e. The molecular weight excluding hydrogens is 530 g/mol. The number of aryl methyl sites for hydroxylation is 1. The monoisotopic (exact) mass is 553 g/mol. The van der Waals surface area contributed by atoms with E-state index in [9.17, 15) is 22.9 Å². The zero-order valence-corrected chi connectivity index (χ0v) is 22.0. The summed E-state index contributed by atoms with van der Waals surface area (Å²) in [5.74, 6) is -0.479. The molecule has 0 aliphatic carbocycles. The van der Waals surface area contributed by atoms with Crippen molar-refractivity contribution < 1.29 is 27.6 Å². The van der Waals surface area contributed by atoms with Gasteiger partial charge in [-0.3, -0.25) is 9.35 Å². The van der Waals surface area contributed by atoms with Crippen molar-refractivity contribution in [2.75, 3.05) is 11.9 Å². The molecule has 4 aromatic carbocycles. The van der Waals surface area contributed by atoms with Crippen LogP contribution in [0.5, 0.6) is 11.5 Å². The minimum atomic E-state index is -4.68. The van der Waals surface area contributed by atoms with Gasteiger partial charge in [0.2, 0.25) is 0 Å². The third kappa shape index (κ3) is 5.77. The Morgan fingerprint density at radius 3 is 2.50 bits per heavy atom. The Labute approximate surface area is 224 Å². The SMILES string of the molecule is CCOc1cccc(NC(=O)c2cc3ccccc3c(N=Nc3cc(CC)c(Cl)cc3S(=O)(=O)O)c2O)c1. The second-order valence-corrected chi connectivity index (χ2v) is 9.99. The van der Waals surface area contributed by atoms with E-state index in [-0.39, 0.29) is 22.0 Å². The number of hydrogen-bond donors (Lipinski definition) is 3. The second-order valence-electron chi connectivity index (χ2n) is 8.20. The number of anilines is 1. The molecule has 0 fully saturated rings. The molecule has 196 valence electrons. The predicted octanol–water partition coefficient (Wildman–Crippen LogP) is 7.07. The molecule has 0 atom stereocenters. The van der Waals surface area contributed by atoms with Gasteiger partial charge in [-0.25, -0.2) is 0 Å². The molecule has 0 unspecified atom stereocenters. The van der Waals surface area contributed by atoms with Crippen molar-refractivity contribution in [1.29, 1.82) is 0 Å². The van der Waals surface area contributed by atoms with Gasteiger partial charge in [-0.05, 0) is 54.6 Å². The highest BCUT2D eigenvalue weighted by Gasteiger charge is 2.21. The minimum absolute atomic E-state index is 0.0504. The van der Waals surface area contributed by atoms with Crippen LogP contribution in [0.4, 0.5) is 17.1 Å². The third-order valence-corrected chi connectivity index (χ3v) is 6.92. The lowest BCUT2D eigenvalue weighted by atomic mass is 10.0. The summed E-state index contributed by atoms with van der Waals surface area (Å²) in [6.45, 7) is 4.13. The van der Waals surface area contributed by atoms with Crippen LogP contribution in [0.1, 0.15) is 29.8 Å². The molecule has 0 aliphatic heterocycles. The number of nitrogens with zero attached hydrogens (tertiary/aromatic N) is 2. The van der Waals surface area contributed by atoms with Gasteiger partial charge in [0.1, 0.15) is 22.0 Å². The van der Waals surface area contributed by atoms with Gasteiger partial charge in [-0.2, -0.15) is 8.42 Å². The van der Waals surface area contributed by atoms with Crippen LogP contribution >= 0.6 is 11.6 Å². The van der Waals surface area contributed by atoms with Crippen LogP contribution in [0.2, 0.25) is 5.02 Å². The van der Waals surface area contributed by atoms with Gasteiger partial charge in [0.25, 0.3) is 16.0 Å². The first kappa shape index (κ1) is 27.1. The summed E-state index contributed by atoms with van der Waals surface area (Å²) in [6.07, 6.45) is 0.474. The van der Waals surface area contributed by atoms with Crippen molar-refractivity contribution >= 4 is 55.5 Å². The van der Waals surface area contributed by atoms with Gasteiger partial charge in [0.15, 0.2) is 5.75 Å². The van der Waals surface area contributed by atoms with Crippen LogP contribution in [0, 0.1) is 0 Å². The maximum Gasteiger partial charge on any atom is 0.296 e.